The zero-order valence-corrected chi connectivity index (χ0v) is 13.2. The highest BCUT2D eigenvalue weighted by Gasteiger charge is 2.28. The molecule has 7 nitrogen and oxygen atoms in total. The van der Waals surface area contributed by atoms with Crippen LogP contribution in [0.3, 0.4) is 0 Å². The summed E-state index contributed by atoms with van der Waals surface area (Å²) in [6, 6.07) is 4.41. The van der Waals surface area contributed by atoms with Crippen molar-refractivity contribution in [3.63, 3.8) is 0 Å². The number of piperidine rings is 1. The van der Waals surface area contributed by atoms with Crippen LogP contribution in [0.5, 0.6) is 0 Å². The molecule has 1 unspecified atom stereocenters. The Morgan fingerprint density at radius 3 is 2.96 bits per heavy atom. The van der Waals surface area contributed by atoms with Crippen molar-refractivity contribution >= 4 is 28.6 Å². The van der Waals surface area contributed by atoms with Crippen LogP contribution >= 0.6 is 11.3 Å². The fourth-order valence-corrected chi connectivity index (χ4v) is 3.69. The average molecular weight is 332 g/mol. The van der Waals surface area contributed by atoms with Gasteiger partial charge in [-0.15, -0.1) is 11.3 Å². The number of thiazole rings is 1. The number of aromatic nitrogens is 1. The summed E-state index contributed by atoms with van der Waals surface area (Å²) < 4.78 is 0. The van der Waals surface area contributed by atoms with Gasteiger partial charge in [0.15, 0.2) is 0 Å². The monoisotopic (exact) mass is 332 g/mol. The Hall–Kier alpha value is -2.48. The molecule has 0 spiro atoms. The van der Waals surface area contributed by atoms with E-state index in [9.17, 15) is 14.9 Å². The number of amides is 1. The minimum atomic E-state index is -0.668. The summed E-state index contributed by atoms with van der Waals surface area (Å²) in [6.45, 7) is 1.43. The molecule has 1 amide bonds. The van der Waals surface area contributed by atoms with Gasteiger partial charge in [0.25, 0.3) is 5.69 Å². The van der Waals surface area contributed by atoms with Crippen molar-refractivity contribution < 1.29 is 9.72 Å². The summed E-state index contributed by atoms with van der Waals surface area (Å²) in [5.41, 5.74) is 5.81. The first-order valence-corrected chi connectivity index (χ1v) is 8.17. The molecule has 0 radical (unpaired) electrons. The number of primary amides is 1. The van der Waals surface area contributed by atoms with Crippen LogP contribution in [0.4, 0.5) is 11.4 Å². The first kappa shape index (κ1) is 15.4. The van der Waals surface area contributed by atoms with E-state index in [0.717, 1.165) is 24.4 Å². The summed E-state index contributed by atoms with van der Waals surface area (Å²) in [7, 11) is 0. The maximum absolute atomic E-state index is 11.4. The molecule has 0 aliphatic carbocycles. The molecule has 2 aromatic rings. The Kier molecular flexibility index (Phi) is 4.24. The maximum Gasteiger partial charge on any atom is 0.293 e. The molecule has 1 aliphatic rings. The average Bonchev–Trinajstić information content (AvgIpc) is 3.09. The van der Waals surface area contributed by atoms with Crippen LogP contribution in [0.15, 0.2) is 29.8 Å². The topological polar surface area (TPSA) is 102 Å². The van der Waals surface area contributed by atoms with Crippen molar-refractivity contribution in [1.29, 1.82) is 0 Å². The van der Waals surface area contributed by atoms with Crippen LogP contribution in [-0.2, 0) is 0 Å². The number of anilines is 1. The second kappa shape index (κ2) is 6.33. The molecule has 120 valence electrons. The van der Waals surface area contributed by atoms with Gasteiger partial charge in [0, 0.05) is 42.2 Å². The van der Waals surface area contributed by atoms with Crippen molar-refractivity contribution in [2.45, 2.75) is 18.8 Å². The number of nitrogens with two attached hydrogens (primary N) is 1. The molecule has 0 saturated carbocycles. The van der Waals surface area contributed by atoms with E-state index in [0.29, 0.717) is 12.2 Å². The lowest BCUT2D eigenvalue weighted by Crippen LogP contribution is -2.34. The van der Waals surface area contributed by atoms with Gasteiger partial charge >= 0.3 is 0 Å². The SMILES string of the molecule is NC(=O)c1ccc(N2CCCC(c3nccs3)C2)c([N+](=O)[O-])c1. The van der Waals surface area contributed by atoms with Crippen molar-refractivity contribution in [2.75, 3.05) is 18.0 Å². The Bertz CT molecular complexity index is 732. The first-order valence-electron chi connectivity index (χ1n) is 7.29. The summed E-state index contributed by atoms with van der Waals surface area (Å²) in [4.78, 5) is 28.5. The second-order valence-electron chi connectivity index (χ2n) is 5.48. The Morgan fingerprint density at radius 1 is 1.48 bits per heavy atom. The molecule has 2 N–H and O–H groups in total. The number of rotatable bonds is 4. The zero-order chi connectivity index (χ0) is 16.4. The normalized spacial score (nSPS) is 17.9. The number of carbonyl (C=O) groups excluding carboxylic acids is 1. The number of hydrogen-bond acceptors (Lipinski definition) is 6. The molecule has 1 aromatic heterocycles. The number of nitro benzene ring substituents is 1. The van der Waals surface area contributed by atoms with Gasteiger partial charge in [-0.1, -0.05) is 0 Å². The Balaban J connectivity index is 1.91. The number of carbonyl (C=O) groups is 1. The summed E-state index contributed by atoms with van der Waals surface area (Å²) in [5.74, 6) is -0.391. The molecule has 23 heavy (non-hydrogen) atoms. The fraction of sp³-hybridized carbons (Fsp3) is 0.333. The minimum Gasteiger partial charge on any atom is -0.366 e. The molecule has 1 atom stereocenters. The van der Waals surface area contributed by atoms with Gasteiger partial charge < -0.3 is 10.6 Å². The third-order valence-corrected chi connectivity index (χ3v) is 4.96. The predicted octanol–water partition coefficient (Wildman–Crippen LogP) is 2.53. The lowest BCUT2D eigenvalue weighted by molar-refractivity contribution is -0.384. The van der Waals surface area contributed by atoms with Gasteiger partial charge in [0.2, 0.25) is 5.91 Å². The minimum absolute atomic E-state index is 0.0823. The first-order chi connectivity index (χ1) is 11.1. The van der Waals surface area contributed by atoms with Crippen molar-refractivity contribution in [3.05, 3.63) is 50.5 Å². The highest BCUT2D eigenvalue weighted by atomic mass is 32.1. The van der Waals surface area contributed by atoms with Crippen LogP contribution in [0.2, 0.25) is 0 Å². The molecule has 0 bridgehead atoms. The lowest BCUT2D eigenvalue weighted by Gasteiger charge is -2.33. The largest absolute Gasteiger partial charge is 0.366 e. The quantitative estimate of drug-likeness (QED) is 0.684. The van der Waals surface area contributed by atoms with Gasteiger partial charge in [-0.2, -0.15) is 0 Å². The van der Waals surface area contributed by atoms with Crippen molar-refractivity contribution in [3.8, 4) is 0 Å². The van der Waals surface area contributed by atoms with Crippen LogP contribution in [0.25, 0.3) is 0 Å². The fourth-order valence-electron chi connectivity index (χ4n) is 2.92. The van der Waals surface area contributed by atoms with E-state index >= 15 is 0 Å². The Morgan fingerprint density at radius 2 is 2.30 bits per heavy atom. The van der Waals surface area contributed by atoms with E-state index in [-0.39, 0.29) is 17.2 Å². The second-order valence-corrected chi connectivity index (χ2v) is 6.41. The van der Waals surface area contributed by atoms with Crippen LogP contribution < -0.4 is 10.6 Å². The smallest absolute Gasteiger partial charge is 0.293 e. The molecule has 3 rings (SSSR count). The summed E-state index contributed by atoms with van der Waals surface area (Å²) in [6.07, 6.45) is 3.75. The Labute approximate surface area is 136 Å². The van der Waals surface area contributed by atoms with Crippen molar-refractivity contribution in [2.24, 2.45) is 5.73 Å². The van der Waals surface area contributed by atoms with Crippen LogP contribution in [0.1, 0.15) is 34.1 Å². The lowest BCUT2D eigenvalue weighted by atomic mass is 9.97. The molecule has 1 fully saturated rings. The summed E-state index contributed by atoms with van der Waals surface area (Å²) in [5, 5.41) is 14.4. The summed E-state index contributed by atoms with van der Waals surface area (Å²) >= 11 is 1.61. The van der Waals surface area contributed by atoms with E-state index in [1.807, 2.05) is 10.3 Å². The van der Waals surface area contributed by atoms with Gasteiger partial charge in [-0.3, -0.25) is 14.9 Å². The molecular weight excluding hydrogens is 316 g/mol. The van der Waals surface area contributed by atoms with E-state index < -0.39 is 10.8 Å². The highest BCUT2D eigenvalue weighted by molar-refractivity contribution is 7.09. The third kappa shape index (κ3) is 3.16. The highest BCUT2D eigenvalue weighted by Crippen LogP contribution is 2.35. The van der Waals surface area contributed by atoms with Crippen LogP contribution in [-0.4, -0.2) is 28.9 Å². The maximum atomic E-state index is 11.4. The van der Waals surface area contributed by atoms with E-state index in [1.54, 1.807) is 23.6 Å². The third-order valence-electron chi connectivity index (χ3n) is 4.02. The van der Waals surface area contributed by atoms with Gasteiger partial charge in [-0.25, -0.2) is 4.98 Å². The molecule has 1 saturated heterocycles. The standard InChI is InChI=1S/C15H16N4O3S/c16-14(20)10-3-4-12(13(8-10)19(21)22)18-6-1-2-11(9-18)15-17-5-7-23-15/h3-5,7-8,11H,1-2,6,9H2,(H2,16,20). The van der Waals surface area contributed by atoms with E-state index in [2.05, 4.69) is 4.98 Å². The number of nitro groups is 1. The van der Waals surface area contributed by atoms with Crippen LogP contribution in [0, 0.1) is 10.1 Å². The molecular formula is C15H16N4O3S. The van der Waals surface area contributed by atoms with Gasteiger partial charge in [0.05, 0.1) is 9.93 Å². The zero-order valence-electron chi connectivity index (χ0n) is 12.3. The number of benzene rings is 1. The van der Waals surface area contributed by atoms with Crippen molar-refractivity contribution in [1.82, 2.24) is 4.98 Å². The number of nitrogens with zero attached hydrogens (tertiary/aromatic N) is 3. The molecule has 8 heteroatoms. The van der Waals surface area contributed by atoms with Gasteiger partial charge in [-0.05, 0) is 25.0 Å². The van der Waals surface area contributed by atoms with E-state index in [1.165, 1.54) is 12.1 Å². The molecule has 1 aromatic carbocycles. The number of hydrogen-bond donors (Lipinski definition) is 1. The van der Waals surface area contributed by atoms with E-state index in [4.69, 9.17) is 5.73 Å². The van der Waals surface area contributed by atoms with Gasteiger partial charge in [0.1, 0.15) is 5.69 Å². The molecule has 1 aliphatic heterocycles. The molecule has 2 heterocycles. The predicted molar refractivity (Wildman–Crippen MR) is 87.9 cm³/mol.